The molecule has 0 saturated carbocycles. The average Bonchev–Trinajstić information content (AvgIpc) is 2.37. The van der Waals surface area contributed by atoms with Crippen LogP contribution >= 0.6 is 0 Å². The third-order valence-corrected chi connectivity index (χ3v) is 3.00. The van der Waals surface area contributed by atoms with Crippen molar-refractivity contribution in [2.45, 2.75) is 32.9 Å². The van der Waals surface area contributed by atoms with E-state index < -0.39 is 6.04 Å². The summed E-state index contributed by atoms with van der Waals surface area (Å²) in [6.45, 7) is 5.80. The molecule has 0 fully saturated rings. The quantitative estimate of drug-likeness (QED) is 0.838. The number of ether oxygens (including phenoxy) is 1. The van der Waals surface area contributed by atoms with Gasteiger partial charge in [-0.1, -0.05) is 26.0 Å². The zero-order valence-corrected chi connectivity index (χ0v) is 11.4. The molecule has 0 saturated heterocycles. The first-order valence-electron chi connectivity index (χ1n) is 6.15. The Labute approximate surface area is 109 Å². The van der Waals surface area contributed by atoms with E-state index in [1.165, 1.54) is 0 Å². The summed E-state index contributed by atoms with van der Waals surface area (Å²) in [5.41, 5.74) is 6.83. The molecule has 0 aromatic heterocycles. The molecule has 0 aliphatic carbocycles. The van der Waals surface area contributed by atoms with Gasteiger partial charge in [0, 0.05) is 0 Å². The fourth-order valence-corrected chi connectivity index (χ4v) is 1.59. The lowest BCUT2D eigenvalue weighted by atomic mass is 10.0. The molecule has 0 radical (unpaired) electrons. The van der Waals surface area contributed by atoms with Gasteiger partial charge in [0.2, 0.25) is 5.91 Å². The summed E-state index contributed by atoms with van der Waals surface area (Å²) in [5.74, 6) is 0.817. The molecule has 100 valence electrons. The second-order valence-electron chi connectivity index (χ2n) is 4.77. The van der Waals surface area contributed by atoms with Crippen LogP contribution in [0.15, 0.2) is 24.3 Å². The number of hydrogen-bond acceptors (Lipinski definition) is 3. The minimum Gasteiger partial charge on any atom is -0.497 e. The van der Waals surface area contributed by atoms with Crippen LogP contribution in [0.2, 0.25) is 0 Å². The highest BCUT2D eigenvalue weighted by atomic mass is 16.5. The Bertz CT molecular complexity index is 387. The largest absolute Gasteiger partial charge is 0.497 e. The molecule has 0 aliphatic heterocycles. The lowest BCUT2D eigenvalue weighted by Crippen LogP contribution is -2.44. The van der Waals surface area contributed by atoms with Crippen LogP contribution in [0.25, 0.3) is 0 Å². The molecule has 1 aromatic rings. The number of rotatable bonds is 5. The molecule has 0 heterocycles. The normalized spacial score (nSPS) is 14.1. The summed E-state index contributed by atoms with van der Waals surface area (Å²) < 4.78 is 5.09. The molecule has 4 heteroatoms. The summed E-state index contributed by atoms with van der Waals surface area (Å²) in [5, 5.41) is 2.91. The van der Waals surface area contributed by atoms with Crippen molar-refractivity contribution < 1.29 is 9.53 Å². The Hall–Kier alpha value is -1.55. The number of carbonyl (C=O) groups is 1. The third-order valence-electron chi connectivity index (χ3n) is 3.00. The van der Waals surface area contributed by atoms with Gasteiger partial charge < -0.3 is 15.8 Å². The predicted octanol–water partition coefficient (Wildman–Crippen LogP) is 1.86. The van der Waals surface area contributed by atoms with Crippen molar-refractivity contribution >= 4 is 5.91 Å². The molecule has 1 rings (SSSR count). The van der Waals surface area contributed by atoms with Gasteiger partial charge in [-0.05, 0) is 30.5 Å². The van der Waals surface area contributed by atoms with Crippen LogP contribution in [0, 0.1) is 5.92 Å². The Kier molecular flexibility index (Phi) is 5.16. The number of carbonyl (C=O) groups excluding carboxylic acids is 1. The van der Waals surface area contributed by atoms with Crippen molar-refractivity contribution in [1.29, 1.82) is 0 Å². The van der Waals surface area contributed by atoms with E-state index in [2.05, 4.69) is 5.32 Å². The van der Waals surface area contributed by atoms with Gasteiger partial charge in [-0.2, -0.15) is 0 Å². The van der Waals surface area contributed by atoms with Crippen LogP contribution < -0.4 is 15.8 Å². The molecule has 2 atom stereocenters. The number of nitrogens with one attached hydrogen (secondary N) is 1. The van der Waals surface area contributed by atoms with Crippen LogP contribution in [0.4, 0.5) is 0 Å². The van der Waals surface area contributed by atoms with Crippen molar-refractivity contribution in [3.05, 3.63) is 29.8 Å². The maximum atomic E-state index is 11.8. The van der Waals surface area contributed by atoms with Gasteiger partial charge in [-0.3, -0.25) is 4.79 Å². The van der Waals surface area contributed by atoms with Gasteiger partial charge in [0.25, 0.3) is 0 Å². The smallest absolute Gasteiger partial charge is 0.237 e. The third kappa shape index (κ3) is 3.74. The molecule has 0 aliphatic rings. The van der Waals surface area contributed by atoms with E-state index in [0.717, 1.165) is 11.3 Å². The molecule has 18 heavy (non-hydrogen) atoms. The molecule has 3 N–H and O–H groups in total. The first kappa shape index (κ1) is 14.5. The summed E-state index contributed by atoms with van der Waals surface area (Å²) in [6, 6.07) is 7.09. The second-order valence-corrected chi connectivity index (χ2v) is 4.77. The van der Waals surface area contributed by atoms with Crippen molar-refractivity contribution in [3.63, 3.8) is 0 Å². The van der Waals surface area contributed by atoms with E-state index in [9.17, 15) is 4.79 Å². The van der Waals surface area contributed by atoms with Gasteiger partial charge in [0.15, 0.2) is 0 Å². The molecule has 1 unspecified atom stereocenters. The molecule has 1 amide bonds. The van der Waals surface area contributed by atoms with E-state index in [4.69, 9.17) is 10.5 Å². The van der Waals surface area contributed by atoms with Gasteiger partial charge in [0.05, 0.1) is 19.2 Å². The Morgan fingerprint density at radius 1 is 1.22 bits per heavy atom. The Morgan fingerprint density at radius 2 is 1.78 bits per heavy atom. The summed E-state index contributed by atoms with van der Waals surface area (Å²) in [7, 11) is 1.63. The summed E-state index contributed by atoms with van der Waals surface area (Å²) in [6.07, 6.45) is 0. The minimum absolute atomic E-state index is 0.0618. The van der Waals surface area contributed by atoms with Gasteiger partial charge in [-0.25, -0.2) is 0 Å². The van der Waals surface area contributed by atoms with Crippen LogP contribution in [0.1, 0.15) is 32.4 Å². The Balaban J connectivity index is 2.64. The summed E-state index contributed by atoms with van der Waals surface area (Å²) in [4.78, 5) is 11.8. The maximum absolute atomic E-state index is 11.8. The second kappa shape index (κ2) is 6.40. The van der Waals surface area contributed by atoms with Crippen molar-refractivity contribution in [2.24, 2.45) is 11.7 Å². The van der Waals surface area contributed by atoms with Crippen molar-refractivity contribution in [1.82, 2.24) is 5.32 Å². The number of amides is 1. The molecule has 4 nitrogen and oxygen atoms in total. The number of methoxy groups -OCH3 is 1. The number of hydrogen-bond donors (Lipinski definition) is 2. The standard InChI is InChI=1S/C14H22N2O2/c1-9(2)13(15)14(17)16-10(3)11-5-7-12(18-4)8-6-11/h5-10,13H,15H2,1-4H3,(H,16,17)/t10?,13-/m0/s1. The summed E-state index contributed by atoms with van der Waals surface area (Å²) >= 11 is 0. The van der Waals surface area contributed by atoms with Gasteiger partial charge in [-0.15, -0.1) is 0 Å². The van der Waals surface area contributed by atoms with E-state index in [1.54, 1.807) is 7.11 Å². The van der Waals surface area contributed by atoms with Crippen LogP contribution in [-0.4, -0.2) is 19.1 Å². The van der Waals surface area contributed by atoms with E-state index >= 15 is 0 Å². The predicted molar refractivity (Wildman–Crippen MR) is 72.4 cm³/mol. The van der Waals surface area contributed by atoms with E-state index in [0.29, 0.717) is 0 Å². The average molecular weight is 250 g/mol. The molecular weight excluding hydrogens is 228 g/mol. The van der Waals surface area contributed by atoms with Crippen LogP contribution in [-0.2, 0) is 4.79 Å². The van der Waals surface area contributed by atoms with Crippen molar-refractivity contribution in [2.75, 3.05) is 7.11 Å². The minimum atomic E-state index is -0.467. The lowest BCUT2D eigenvalue weighted by Gasteiger charge is -2.20. The van der Waals surface area contributed by atoms with Crippen LogP contribution in [0.5, 0.6) is 5.75 Å². The number of benzene rings is 1. The van der Waals surface area contributed by atoms with E-state index in [-0.39, 0.29) is 17.9 Å². The Morgan fingerprint density at radius 3 is 2.22 bits per heavy atom. The highest BCUT2D eigenvalue weighted by molar-refractivity contribution is 5.82. The maximum Gasteiger partial charge on any atom is 0.237 e. The highest BCUT2D eigenvalue weighted by Gasteiger charge is 2.19. The fraction of sp³-hybridized carbons (Fsp3) is 0.500. The first-order chi connectivity index (χ1) is 8.45. The van der Waals surface area contributed by atoms with Gasteiger partial charge >= 0.3 is 0 Å². The zero-order valence-electron chi connectivity index (χ0n) is 11.4. The van der Waals surface area contributed by atoms with Crippen LogP contribution in [0.3, 0.4) is 0 Å². The van der Waals surface area contributed by atoms with E-state index in [1.807, 2.05) is 45.0 Å². The first-order valence-corrected chi connectivity index (χ1v) is 6.15. The molecular formula is C14H22N2O2. The number of nitrogens with two attached hydrogens (primary N) is 1. The van der Waals surface area contributed by atoms with Crippen molar-refractivity contribution in [3.8, 4) is 5.75 Å². The fourth-order valence-electron chi connectivity index (χ4n) is 1.59. The molecule has 0 bridgehead atoms. The zero-order chi connectivity index (χ0) is 13.7. The SMILES string of the molecule is COc1ccc(C(C)NC(=O)[C@@H](N)C(C)C)cc1. The monoisotopic (exact) mass is 250 g/mol. The topological polar surface area (TPSA) is 64.3 Å². The lowest BCUT2D eigenvalue weighted by molar-refractivity contribution is -0.123. The highest BCUT2D eigenvalue weighted by Crippen LogP contribution is 2.17. The molecule has 1 aromatic carbocycles. The molecule has 0 spiro atoms. The van der Waals surface area contributed by atoms with Gasteiger partial charge in [0.1, 0.15) is 5.75 Å².